The topological polar surface area (TPSA) is 78.8 Å². The summed E-state index contributed by atoms with van der Waals surface area (Å²) in [5.41, 5.74) is 6.10. The summed E-state index contributed by atoms with van der Waals surface area (Å²) >= 11 is 0. The SMILES string of the molecule is NC(=NO)C1(O)C=Cc2ccccc2C1. The summed E-state index contributed by atoms with van der Waals surface area (Å²) in [6.07, 6.45) is 3.65. The van der Waals surface area contributed by atoms with Gasteiger partial charge in [0, 0.05) is 6.42 Å². The summed E-state index contributed by atoms with van der Waals surface area (Å²) in [6.45, 7) is 0. The Bertz CT molecular complexity index is 440. The van der Waals surface area contributed by atoms with E-state index in [0.29, 0.717) is 6.42 Å². The number of amidine groups is 1. The van der Waals surface area contributed by atoms with Crippen LogP contribution < -0.4 is 5.73 Å². The molecule has 1 aliphatic rings. The Balaban J connectivity index is 2.41. The van der Waals surface area contributed by atoms with Crippen LogP contribution in [-0.4, -0.2) is 21.8 Å². The minimum atomic E-state index is -1.37. The van der Waals surface area contributed by atoms with Crippen molar-refractivity contribution in [3.8, 4) is 0 Å². The van der Waals surface area contributed by atoms with Crippen LogP contribution in [0.15, 0.2) is 35.5 Å². The van der Waals surface area contributed by atoms with E-state index in [9.17, 15) is 5.11 Å². The van der Waals surface area contributed by atoms with Gasteiger partial charge in [-0.3, -0.25) is 0 Å². The minimum absolute atomic E-state index is 0.187. The van der Waals surface area contributed by atoms with Gasteiger partial charge in [0.2, 0.25) is 0 Å². The summed E-state index contributed by atoms with van der Waals surface area (Å²) in [6, 6.07) is 7.69. The number of hydrogen-bond donors (Lipinski definition) is 3. The molecule has 15 heavy (non-hydrogen) atoms. The predicted octanol–water partition coefficient (Wildman–Crippen LogP) is 0.733. The number of nitrogens with two attached hydrogens (primary N) is 1. The first-order valence-corrected chi connectivity index (χ1v) is 4.63. The van der Waals surface area contributed by atoms with Crippen molar-refractivity contribution in [3.63, 3.8) is 0 Å². The Morgan fingerprint density at radius 1 is 1.40 bits per heavy atom. The van der Waals surface area contributed by atoms with Crippen LogP contribution in [0.1, 0.15) is 11.1 Å². The van der Waals surface area contributed by atoms with Crippen molar-refractivity contribution in [2.75, 3.05) is 0 Å². The van der Waals surface area contributed by atoms with E-state index in [0.717, 1.165) is 11.1 Å². The van der Waals surface area contributed by atoms with Crippen molar-refractivity contribution >= 4 is 11.9 Å². The molecule has 2 rings (SSSR count). The number of rotatable bonds is 1. The number of fused-ring (bicyclic) bond motifs is 1. The molecule has 1 aromatic carbocycles. The van der Waals surface area contributed by atoms with Crippen LogP contribution in [0.5, 0.6) is 0 Å². The molecule has 4 N–H and O–H groups in total. The fourth-order valence-corrected chi connectivity index (χ4v) is 1.70. The summed E-state index contributed by atoms with van der Waals surface area (Å²) in [7, 11) is 0. The number of aliphatic hydroxyl groups is 1. The lowest BCUT2D eigenvalue weighted by Gasteiger charge is -2.27. The van der Waals surface area contributed by atoms with E-state index in [2.05, 4.69) is 5.16 Å². The zero-order valence-electron chi connectivity index (χ0n) is 8.09. The van der Waals surface area contributed by atoms with Gasteiger partial charge in [-0.25, -0.2) is 0 Å². The second-order valence-electron chi connectivity index (χ2n) is 3.62. The molecular formula is C11H12N2O2. The highest BCUT2D eigenvalue weighted by Crippen LogP contribution is 2.25. The third-order valence-electron chi connectivity index (χ3n) is 2.60. The van der Waals surface area contributed by atoms with Gasteiger partial charge in [0.05, 0.1) is 0 Å². The number of benzene rings is 1. The average molecular weight is 204 g/mol. The van der Waals surface area contributed by atoms with E-state index in [-0.39, 0.29) is 5.84 Å². The Hall–Kier alpha value is -1.81. The van der Waals surface area contributed by atoms with Crippen molar-refractivity contribution in [1.82, 2.24) is 0 Å². The largest absolute Gasteiger partial charge is 0.409 e. The number of oxime groups is 1. The summed E-state index contributed by atoms with van der Waals surface area (Å²) in [4.78, 5) is 0. The molecule has 0 amide bonds. The monoisotopic (exact) mass is 204 g/mol. The molecule has 0 heterocycles. The molecule has 1 unspecified atom stereocenters. The van der Waals surface area contributed by atoms with Gasteiger partial charge in [-0.05, 0) is 17.2 Å². The van der Waals surface area contributed by atoms with Gasteiger partial charge in [-0.15, -0.1) is 0 Å². The smallest absolute Gasteiger partial charge is 0.175 e. The minimum Gasteiger partial charge on any atom is -0.409 e. The maximum atomic E-state index is 10.1. The predicted molar refractivity (Wildman–Crippen MR) is 57.5 cm³/mol. The second kappa shape index (κ2) is 3.40. The lowest BCUT2D eigenvalue weighted by molar-refractivity contribution is 0.155. The molecule has 4 nitrogen and oxygen atoms in total. The van der Waals surface area contributed by atoms with Gasteiger partial charge >= 0.3 is 0 Å². The molecule has 0 spiro atoms. The molecule has 1 aromatic rings. The van der Waals surface area contributed by atoms with E-state index in [1.807, 2.05) is 24.3 Å². The molecule has 78 valence electrons. The maximum absolute atomic E-state index is 10.1. The highest BCUT2D eigenvalue weighted by Gasteiger charge is 2.32. The van der Waals surface area contributed by atoms with E-state index in [1.165, 1.54) is 0 Å². The van der Waals surface area contributed by atoms with E-state index < -0.39 is 5.60 Å². The lowest BCUT2D eigenvalue weighted by atomic mass is 9.85. The Kier molecular flexibility index (Phi) is 2.21. The van der Waals surface area contributed by atoms with Crippen LogP contribution in [0.4, 0.5) is 0 Å². The average Bonchev–Trinajstić information content (AvgIpc) is 2.27. The highest BCUT2D eigenvalue weighted by molar-refractivity contribution is 5.92. The van der Waals surface area contributed by atoms with Gasteiger partial charge in [0.25, 0.3) is 0 Å². The second-order valence-corrected chi connectivity index (χ2v) is 3.62. The van der Waals surface area contributed by atoms with Crippen molar-refractivity contribution < 1.29 is 10.3 Å². The van der Waals surface area contributed by atoms with E-state index in [4.69, 9.17) is 10.9 Å². The lowest BCUT2D eigenvalue weighted by Crippen LogP contribution is -2.45. The molecule has 0 saturated heterocycles. The first kappa shape index (κ1) is 9.73. The summed E-state index contributed by atoms with van der Waals surface area (Å²) in [5, 5.41) is 21.5. The van der Waals surface area contributed by atoms with Crippen molar-refractivity contribution in [2.24, 2.45) is 10.9 Å². The molecular weight excluding hydrogens is 192 g/mol. The molecule has 0 aliphatic heterocycles. The molecule has 1 aliphatic carbocycles. The van der Waals surface area contributed by atoms with Crippen molar-refractivity contribution in [1.29, 1.82) is 0 Å². The molecule has 0 bridgehead atoms. The van der Waals surface area contributed by atoms with Crippen LogP contribution in [0.2, 0.25) is 0 Å². The Morgan fingerprint density at radius 2 is 2.13 bits per heavy atom. The van der Waals surface area contributed by atoms with Crippen LogP contribution in [0, 0.1) is 0 Å². The zero-order valence-corrected chi connectivity index (χ0v) is 8.09. The fourth-order valence-electron chi connectivity index (χ4n) is 1.70. The standard InChI is InChI=1S/C11H12N2O2/c12-10(13-15)11(14)6-5-8-3-1-2-4-9(8)7-11/h1-6,14-15H,7H2,(H2,12,13). The van der Waals surface area contributed by atoms with Gasteiger partial charge < -0.3 is 16.0 Å². The summed E-state index contributed by atoms with van der Waals surface area (Å²) < 4.78 is 0. The van der Waals surface area contributed by atoms with Crippen LogP contribution >= 0.6 is 0 Å². The first-order valence-electron chi connectivity index (χ1n) is 4.63. The van der Waals surface area contributed by atoms with Gasteiger partial charge in [0.15, 0.2) is 5.84 Å². The zero-order chi connectivity index (χ0) is 10.9. The summed E-state index contributed by atoms with van der Waals surface area (Å²) in [5.74, 6) is -0.187. The number of nitrogens with zero attached hydrogens (tertiary/aromatic N) is 1. The third-order valence-corrected chi connectivity index (χ3v) is 2.60. The van der Waals surface area contributed by atoms with Crippen LogP contribution in [-0.2, 0) is 6.42 Å². The Labute approximate surface area is 87.3 Å². The van der Waals surface area contributed by atoms with E-state index in [1.54, 1.807) is 12.2 Å². The van der Waals surface area contributed by atoms with Crippen molar-refractivity contribution in [3.05, 3.63) is 41.5 Å². The molecule has 0 aromatic heterocycles. The molecule has 0 fully saturated rings. The normalized spacial score (nSPS) is 25.0. The van der Waals surface area contributed by atoms with Gasteiger partial charge in [0.1, 0.15) is 5.60 Å². The van der Waals surface area contributed by atoms with Gasteiger partial charge in [-0.1, -0.05) is 35.5 Å². The van der Waals surface area contributed by atoms with Gasteiger partial charge in [-0.2, -0.15) is 0 Å². The molecule has 0 radical (unpaired) electrons. The van der Waals surface area contributed by atoms with Crippen LogP contribution in [0.25, 0.3) is 6.08 Å². The van der Waals surface area contributed by atoms with Crippen LogP contribution in [0.3, 0.4) is 0 Å². The maximum Gasteiger partial charge on any atom is 0.175 e. The van der Waals surface area contributed by atoms with E-state index >= 15 is 0 Å². The fraction of sp³-hybridized carbons (Fsp3) is 0.182. The Morgan fingerprint density at radius 3 is 2.87 bits per heavy atom. The van der Waals surface area contributed by atoms with Crippen molar-refractivity contribution in [2.45, 2.75) is 12.0 Å². The molecule has 1 atom stereocenters. The third kappa shape index (κ3) is 1.59. The molecule has 4 heteroatoms. The quantitative estimate of drug-likeness (QED) is 0.273. The first-order chi connectivity index (χ1) is 7.15. The number of hydrogen-bond acceptors (Lipinski definition) is 3. The molecule has 0 saturated carbocycles. The highest BCUT2D eigenvalue weighted by atomic mass is 16.4.